The number of nitrogens with zero attached hydrogens (tertiary/aromatic N) is 3. The van der Waals surface area contributed by atoms with Crippen molar-refractivity contribution in [3.63, 3.8) is 0 Å². The van der Waals surface area contributed by atoms with Crippen molar-refractivity contribution in [2.75, 3.05) is 36.4 Å². The summed E-state index contributed by atoms with van der Waals surface area (Å²) in [7, 11) is 0. The van der Waals surface area contributed by atoms with Crippen molar-refractivity contribution in [2.24, 2.45) is 0 Å². The molecule has 1 aliphatic rings. The number of piperazine rings is 1. The van der Waals surface area contributed by atoms with Gasteiger partial charge in [0.1, 0.15) is 0 Å². The summed E-state index contributed by atoms with van der Waals surface area (Å²) < 4.78 is 0. The lowest BCUT2D eigenvalue weighted by molar-refractivity contribution is -0.129. The fraction of sp³-hybridized carbons (Fsp3) is 0.350. The van der Waals surface area contributed by atoms with Gasteiger partial charge in [-0.3, -0.25) is 14.6 Å². The van der Waals surface area contributed by atoms with Gasteiger partial charge in [-0.05, 0) is 37.1 Å². The number of aryl methyl sites for hydroxylation is 1. The smallest absolute Gasteiger partial charge is 0.257 e. The Morgan fingerprint density at radius 2 is 1.81 bits per heavy atom. The lowest BCUT2D eigenvalue weighted by Crippen LogP contribution is -2.48. The highest BCUT2D eigenvalue weighted by molar-refractivity contribution is 6.05. The molecule has 3 rings (SSSR count). The van der Waals surface area contributed by atoms with Gasteiger partial charge in [0, 0.05) is 45.0 Å². The Hall–Kier alpha value is -2.89. The van der Waals surface area contributed by atoms with Crippen LogP contribution in [0.4, 0.5) is 11.4 Å². The van der Waals surface area contributed by atoms with E-state index in [2.05, 4.69) is 15.2 Å². The van der Waals surface area contributed by atoms with Crippen molar-refractivity contribution in [3.05, 3.63) is 53.3 Å². The lowest BCUT2D eigenvalue weighted by Gasteiger charge is -2.35. The summed E-state index contributed by atoms with van der Waals surface area (Å²) >= 11 is 0. The van der Waals surface area contributed by atoms with Crippen LogP contribution < -0.4 is 10.2 Å². The van der Waals surface area contributed by atoms with Crippen LogP contribution in [0.2, 0.25) is 0 Å². The highest BCUT2D eigenvalue weighted by Gasteiger charge is 2.20. The predicted molar refractivity (Wildman–Crippen MR) is 103 cm³/mol. The van der Waals surface area contributed by atoms with Gasteiger partial charge in [-0.15, -0.1) is 0 Å². The molecule has 6 nitrogen and oxygen atoms in total. The maximum Gasteiger partial charge on any atom is 0.257 e. The highest BCUT2D eigenvalue weighted by atomic mass is 16.2. The van der Waals surface area contributed by atoms with Gasteiger partial charge in [-0.1, -0.05) is 12.1 Å². The highest BCUT2D eigenvalue weighted by Crippen LogP contribution is 2.21. The molecule has 2 aromatic rings. The van der Waals surface area contributed by atoms with E-state index in [0.717, 1.165) is 35.6 Å². The van der Waals surface area contributed by atoms with Crippen LogP contribution in [0, 0.1) is 13.8 Å². The monoisotopic (exact) mass is 352 g/mol. The third-order valence-corrected chi connectivity index (χ3v) is 4.93. The van der Waals surface area contributed by atoms with Gasteiger partial charge in [-0.25, -0.2) is 0 Å². The third kappa shape index (κ3) is 3.85. The Balaban J connectivity index is 1.72. The van der Waals surface area contributed by atoms with Crippen LogP contribution in [0.1, 0.15) is 28.4 Å². The van der Waals surface area contributed by atoms with E-state index in [1.807, 2.05) is 43.0 Å². The number of anilines is 2. The van der Waals surface area contributed by atoms with Gasteiger partial charge in [0.05, 0.1) is 17.4 Å². The van der Waals surface area contributed by atoms with Crippen molar-refractivity contribution >= 4 is 23.2 Å². The summed E-state index contributed by atoms with van der Waals surface area (Å²) in [6.45, 7) is 8.46. The van der Waals surface area contributed by atoms with E-state index in [4.69, 9.17) is 0 Å². The van der Waals surface area contributed by atoms with E-state index in [9.17, 15) is 9.59 Å². The number of hydrogen-bond donors (Lipinski definition) is 1. The molecule has 1 N–H and O–H groups in total. The maximum atomic E-state index is 12.6. The molecule has 26 heavy (non-hydrogen) atoms. The van der Waals surface area contributed by atoms with Gasteiger partial charge in [0.15, 0.2) is 0 Å². The molecular weight excluding hydrogens is 328 g/mol. The second-order valence-electron chi connectivity index (χ2n) is 6.63. The van der Waals surface area contributed by atoms with E-state index in [-0.39, 0.29) is 11.8 Å². The molecule has 1 aliphatic heterocycles. The van der Waals surface area contributed by atoms with Crippen LogP contribution in [0.5, 0.6) is 0 Å². The van der Waals surface area contributed by atoms with Crippen LogP contribution in [-0.4, -0.2) is 47.9 Å². The van der Waals surface area contributed by atoms with E-state index in [1.54, 1.807) is 19.3 Å². The molecule has 1 aromatic heterocycles. The van der Waals surface area contributed by atoms with E-state index >= 15 is 0 Å². The molecule has 0 atom stereocenters. The fourth-order valence-corrected chi connectivity index (χ4v) is 3.09. The SMILES string of the molecule is CC(=O)N1CCN(c2cncc(C(=O)Nc3cccc(C)c3C)c2)CC1. The topological polar surface area (TPSA) is 65.5 Å². The zero-order valence-electron chi connectivity index (χ0n) is 15.5. The van der Waals surface area contributed by atoms with Crippen molar-refractivity contribution in [1.82, 2.24) is 9.88 Å². The van der Waals surface area contributed by atoms with Gasteiger partial charge < -0.3 is 15.1 Å². The summed E-state index contributed by atoms with van der Waals surface area (Å²) in [5, 5.41) is 2.97. The normalized spacial score (nSPS) is 14.3. The first-order chi connectivity index (χ1) is 12.5. The van der Waals surface area contributed by atoms with Crippen molar-refractivity contribution in [3.8, 4) is 0 Å². The van der Waals surface area contributed by atoms with Crippen molar-refractivity contribution < 1.29 is 9.59 Å². The first-order valence-electron chi connectivity index (χ1n) is 8.79. The summed E-state index contributed by atoms with van der Waals surface area (Å²) in [5.41, 5.74) is 4.44. The number of carbonyl (C=O) groups is 2. The molecule has 2 amide bonds. The van der Waals surface area contributed by atoms with Gasteiger partial charge in [0.2, 0.25) is 5.91 Å². The molecule has 0 spiro atoms. The third-order valence-electron chi connectivity index (χ3n) is 4.93. The molecule has 6 heteroatoms. The maximum absolute atomic E-state index is 12.6. The first-order valence-corrected chi connectivity index (χ1v) is 8.79. The Bertz CT molecular complexity index is 826. The van der Waals surface area contributed by atoms with Crippen LogP contribution in [0.3, 0.4) is 0 Å². The minimum absolute atomic E-state index is 0.101. The van der Waals surface area contributed by atoms with E-state index in [1.165, 1.54) is 0 Å². The van der Waals surface area contributed by atoms with E-state index < -0.39 is 0 Å². The molecule has 2 heterocycles. The Morgan fingerprint density at radius 1 is 1.08 bits per heavy atom. The summed E-state index contributed by atoms with van der Waals surface area (Å²) in [4.78, 5) is 32.3. The number of carbonyl (C=O) groups excluding carboxylic acids is 2. The zero-order chi connectivity index (χ0) is 18.7. The van der Waals surface area contributed by atoms with Gasteiger partial charge in [0.25, 0.3) is 5.91 Å². The molecular formula is C20H24N4O2. The predicted octanol–water partition coefficient (Wildman–Crippen LogP) is 2.62. The zero-order valence-corrected chi connectivity index (χ0v) is 15.5. The fourth-order valence-electron chi connectivity index (χ4n) is 3.09. The number of benzene rings is 1. The number of rotatable bonds is 3. The molecule has 0 radical (unpaired) electrons. The number of pyridine rings is 1. The van der Waals surface area contributed by atoms with Crippen molar-refractivity contribution in [2.45, 2.75) is 20.8 Å². The minimum Gasteiger partial charge on any atom is -0.367 e. The summed E-state index contributed by atoms with van der Waals surface area (Å²) in [6, 6.07) is 7.71. The Labute approximate surface area is 153 Å². The standard InChI is InChI=1S/C20H24N4O2/c1-14-5-4-6-19(15(14)2)22-20(26)17-11-18(13-21-12-17)24-9-7-23(8-10-24)16(3)25/h4-6,11-13H,7-10H2,1-3H3,(H,22,26). The number of amides is 2. The minimum atomic E-state index is -0.171. The van der Waals surface area contributed by atoms with Crippen LogP contribution in [0.15, 0.2) is 36.7 Å². The molecule has 1 aromatic carbocycles. The summed E-state index contributed by atoms with van der Waals surface area (Å²) in [5.74, 6) is -0.0696. The van der Waals surface area contributed by atoms with Gasteiger partial charge >= 0.3 is 0 Å². The van der Waals surface area contributed by atoms with Crippen LogP contribution in [-0.2, 0) is 4.79 Å². The second kappa shape index (κ2) is 7.56. The quantitative estimate of drug-likeness (QED) is 0.922. The molecule has 0 aliphatic carbocycles. The lowest BCUT2D eigenvalue weighted by atomic mass is 10.1. The summed E-state index contributed by atoms with van der Waals surface area (Å²) in [6.07, 6.45) is 3.34. The first kappa shape index (κ1) is 17.9. The molecule has 1 saturated heterocycles. The average molecular weight is 352 g/mol. The molecule has 0 bridgehead atoms. The van der Waals surface area contributed by atoms with E-state index in [0.29, 0.717) is 18.7 Å². The molecule has 0 saturated carbocycles. The average Bonchev–Trinajstić information content (AvgIpc) is 2.65. The van der Waals surface area contributed by atoms with Gasteiger partial charge in [-0.2, -0.15) is 0 Å². The number of aromatic nitrogens is 1. The van der Waals surface area contributed by atoms with Crippen molar-refractivity contribution in [1.29, 1.82) is 0 Å². The Morgan fingerprint density at radius 3 is 2.50 bits per heavy atom. The molecule has 0 unspecified atom stereocenters. The second-order valence-corrected chi connectivity index (χ2v) is 6.63. The van der Waals surface area contributed by atoms with Crippen LogP contribution in [0.25, 0.3) is 0 Å². The number of hydrogen-bond acceptors (Lipinski definition) is 4. The Kier molecular flexibility index (Phi) is 5.21. The largest absolute Gasteiger partial charge is 0.367 e. The number of nitrogens with one attached hydrogen (secondary N) is 1. The van der Waals surface area contributed by atoms with Crippen LogP contribution >= 0.6 is 0 Å². The molecule has 1 fully saturated rings. The molecule has 136 valence electrons.